The molecule has 2 aliphatic rings. The molecular weight excluding hydrogens is 320 g/mol. The molecule has 0 saturated carbocycles. The Morgan fingerprint density at radius 3 is 2.28 bits per heavy atom. The number of nitrogens with zero attached hydrogens (tertiary/aromatic N) is 3. The number of pyridine rings is 1. The summed E-state index contributed by atoms with van der Waals surface area (Å²) in [7, 11) is 0. The second-order valence-corrected chi connectivity index (χ2v) is 6.94. The van der Waals surface area contributed by atoms with Crippen LogP contribution < -0.4 is 5.56 Å². The van der Waals surface area contributed by atoms with E-state index in [1.807, 2.05) is 15.9 Å². The van der Waals surface area contributed by atoms with Crippen molar-refractivity contribution < 1.29 is 9.59 Å². The molecule has 136 valence electrons. The van der Waals surface area contributed by atoms with Crippen molar-refractivity contribution in [1.29, 1.82) is 0 Å². The molecule has 3 heterocycles. The van der Waals surface area contributed by atoms with Crippen LogP contribution in [0.25, 0.3) is 0 Å². The molecule has 7 heteroatoms. The van der Waals surface area contributed by atoms with Crippen LogP contribution >= 0.6 is 0 Å². The van der Waals surface area contributed by atoms with Crippen LogP contribution in [0, 0.1) is 5.92 Å². The van der Waals surface area contributed by atoms with E-state index in [1.165, 1.54) is 0 Å². The van der Waals surface area contributed by atoms with Crippen LogP contribution in [0.2, 0.25) is 0 Å². The smallest absolute Gasteiger partial charge is 0.247 e. The van der Waals surface area contributed by atoms with E-state index in [-0.39, 0.29) is 23.3 Å². The largest absolute Gasteiger partial charge is 0.343 e. The second kappa shape index (κ2) is 7.82. The Kier molecular flexibility index (Phi) is 5.53. The van der Waals surface area contributed by atoms with Crippen LogP contribution in [-0.4, -0.2) is 70.8 Å². The lowest BCUT2D eigenvalue weighted by molar-refractivity contribution is -0.141. The first kappa shape index (κ1) is 17.7. The number of H-pyrrole nitrogens is 1. The van der Waals surface area contributed by atoms with E-state index in [4.69, 9.17) is 0 Å². The number of hydrogen-bond donors (Lipinski definition) is 1. The third kappa shape index (κ3) is 4.48. The quantitative estimate of drug-likeness (QED) is 0.853. The zero-order chi connectivity index (χ0) is 17.8. The van der Waals surface area contributed by atoms with E-state index >= 15 is 0 Å². The molecule has 0 bridgehead atoms. The van der Waals surface area contributed by atoms with Gasteiger partial charge in [-0.25, -0.2) is 0 Å². The molecule has 2 amide bonds. The summed E-state index contributed by atoms with van der Waals surface area (Å²) in [6, 6.07) is 3.39. The van der Waals surface area contributed by atoms with E-state index in [2.05, 4.69) is 9.88 Å². The number of carbonyl (C=O) groups excluding carboxylic acids is 2. The molecule has 0 aliphatic carbocycles. The number of piperidine rings is 1. The normalized spacial score (nSPS) is 19.9. The monoisotopic (exact) mass is 346 g/mol. The molecule has 0 radical (unpaired) electrons. The van der Waals surface area contributed by atoms with E-state index in [0.29, 0.717) is 13.1 Å². The van der Waals surface area contributed by atoms with Crippen LogP contribution in [0.1, 0.15) is 25.3 Å². The van der Waals surface area contributed by atoms with E-state index < -0.39 is 0 Å². The van der Waals surface area contributed by atoms with Crippen LogP contribution in [0.3, 0.4) is 0 Å². The number of aromatic nitrogens is 1. The molecule has 2 fully saturated rings. The summed E-state index contributed by atoms with van der Waals surface area (Å²) in [6.07, 6.45) is 3.30. The maximum absolute atomic E-state index is 12.7. The highest BCUT2D eigenvalue weighted by molar-refractivity contribution is 5.79. The van der Waals surface area contributed by atoms with Gasteiger partial charge in [-0.1, -0.05) is 6.07 Å². The Bertz CT molecular complexity index is 651. The molecule has 0 aromatic carbocycles. The molecule has 2 aliphatic heterocycles. The number of hydrogen-bond acceptors (Lipinski definition) is 4. The molecule has 1 aromatic rings. The van der Waals surface area contributed by atoms with Crippen molar-refractivity contribution in [3.8, 4) is 0 Å². The molecule has 2 saturated heterocycles. The van der Waals surface area contributed by atoms with Crippen molar-refractivity contribution in [2.45, 2.75) is 26.3 Å². The van der Waals surface area contributed by atoms with Gasteiger partial charge in [0.05, 0.1) is 0 Å². The van der Waals surface area contributed by atoms with Crippen molar-refractivity contribution in [2.75, 3.05) is 39.3 Å². The summed E-state index contributed by atoms with van der Waals surface area (Å²) in [4.78, 5) is 44.0. The zero-order valence-electron chi connectivity index (χ0n) is 14.7. The fraction of sp³-hybridized carbons (Fsp3) is 0.611. The van der Waals surface area contributed by atoms with Gasteiger partial charge in [-0.15, -0.1) is 0 Å². The second-order valence-electron chi connectivity index (χ2n) is 6.94. The first-order valence-electron chi connectivity index (χ1n) is 8.97. The fourth-order valence-corrected chi connectivity index (χ4v) is 3.63. The molecule has 0 spiro atoms. The summed E-state index contributed by atoms with van der Waals surface area (Å²) in [5, 5.41) is 0. The third-order valence-electron chi connectivity index (χ3n) is 5.23. The fourth-order valence-electron chi connectivity index (χ4n) is 3.63. The summed E-state index contributed by atoms with van der Waals surface area (Å²) >= 11 is 0. The molecule has 0 unspecified atom stereocenters. The highest BCUT2D eigenvalue weighted by Gasteiger charge is 2.30. The number of rotatable bonds is 3. The molecular formula is C18H26N4O3. The molecule has 7 nitrogen and oxygen atoms in total. The van der Waals surface area contributed by atoms with Gasteiger partial charge in [-0.3, -0.25) is 19.3 Å². The molecule has 25 heavy (non-hydrogen) atoms. The Hall–Kier alpha value is -2.15. The maximum atomic E-state index is 12.7. The van der Waals surface area contributed by atoms with E-state index in [1.54, 1.807) is 19.2 Å². The summed E-state index contributed by atoms with van der Waals surface area (Å²) < 4.78 is 0. The van der Waals surface area contributed by atoms with Gasteiger partial charge in [0.25, 0.3) is 0 Å². The molecule has 3 rings (SSSR count). The lowest BCUT2D eigenvalue weighted by Gasteiger charge is -2.38. The molecule has 0 atom stereocenters. The standard InChI is InChI=1S/C18H26N4O3/c1-14(23)21-6-4-16(5-7-21)18(25)22-10-8-20(9-11-22)13-15-2-3-17(24)19-12-15/h2-3,12,16H,4-11,13H2,1H3,(H,19,24). The lowest BCUT2D eigenvalue weighted by atomic mass is 9.95. The average Bonchev–Trinajstić information content (AvgIpc) is 2.64. The highest BCUT2D eigenvalue weighted by Crippen LogP contribution is 2.21. The minimum absolute atomic E-state index is 0.0568. The number of nitrogens with one attached hydrogen (secondary N) is 1. The summed E-state index contributed by atoms with van der Waals surface area (Å²) in [5.41, 5.74) is 0.992. The van der Waals surface area contributed by atoms with E-state index in [0.717, 1.165) is 51.1 Å². The minimum Gasteiger partial charge on any atom is -0.343 e. The summed E-state index contributed by atoms with van der Waals surface area (Å²) in [5.74, 6) is 0.398. The van der Waals surface area contributed by atoms with Crippen LogP contribution in [0.4, 0.5) is 0 Å². The average molecular weight is 346 g/mol. The molecule has 1 aromatic heterocycles. The summed E-state index contributed by atoms with van der Waals surface area (Å²) in [6.45, 7) is 6.94. The number of piperazine rings is 1. The number of carbonyl (C=O) groups is 2. The highest BCUT2D eigenvalue weighted by atomic mass is 16.2. The Morgan fingerprint density at radius 1 is 1.04 bits per heavy atom. The van der Waals surface area contributed by atoms with Crippen molar-refractivity contribution in [3.63, 3.8) is 0 Å². The van der Waals surface area contributed by atoms with Gasteiger partial charge in [-0.2, -0.15) is 0 Å². The SMILES string of the molecule is CC(=O)N1CCC(C(=O)N2CCN(Cc3ccc(=O)[nH]c3)CC2)CC1. The van der Waals surface area contributed by atoms with Crippen LogP contribution in [0.5, 0.6) is 0 Å². The minimum atomic E-state index is -0.0880. The van der Waals surface area contributed by atoms with Gasteiger partial charge in [0.2, 0.25) is 17.4 Å². The first-order valence-corrected chi connectivity index (χ1v) is 8.97. The predicted octanol–water partition coefficient (Wildman–Crippen LogP) is 0.278. The lowest BCUT2D eigenvalue weighted by Crippen LogP contribution is -2.51. The van der Waals surface area contributed by atoms with Crippen LogP contribution in [0.15, 0.2) is 23.1 Å². The van der Waals surface area contributed by atoms with Gasteiger partial charge in [0.1, 0.15) is 0 Å². The third-order valence-corrected chi connectivity index (χ3v) is 5.23. The van der Waals surface area contributed by atoms with Gasteiger partial charge < -0.3 is 14.8 Å². The van der Waals surface area contributed by atoms with Crippen molar-refractivity contribution in [3.05, 3.63) is 34.2 Å². The van der Waals surface area contributed by atoms with Crippen molar-refractivity contribution in [2.24, 2.45) is 5.92 Å². The number of likely N-dealkylation sites (tertiary alicyclic amines) is 1. The predicted molar refractivity (Wildman–Crippen MR) is 93.9 cm³/mol. The van der Waals surface area contributed by atoms with Crippen molar-refractivity contribution >= 4 is 11.8 Å². The maximum Gasteiger partial charge on any atom is 0.247 e. The van der Waals surface area contributed by atoms with Crippen molar-refractivity contribution in [1.82, 2.24) is 19.7 Å². The number of aromatic amines is 1. The first-order chi connectivity index (χ1) is 12.0. The Labute approximate surface area is 147 Å². The van der Waals surface area contributed by atoms with Crippen LogP contribution in [-0.2, 0) is 16.1 Å². The topological polar surface area (TPSA) is 76.7 Å². The van der Waals surface area contributed by atoms with Gasteiger partial charge >= 0.3 is 0 Å². The molecule has 1 N–H and O–H groups in total. The van der Waals surface area contributed by atoms with Gasteiger partial charge in [-0.05, 0) is 18.4 Å². The van der Waals surface area contributed by atoms with Gasteiger partial charge in [0.15, 0.2) is 0 Å². The zero-order valence-corrected chi connectivity index (χ0v) is 14.7. The van der Waals surface area contributed by atoms with Gasteiger partial charge in [0, 0.05) is 70.9 Å². The van der Waals surface area contributed by atoms with E-state index in [9.17, 15) is 14.4 Å². The Balaban J connectivity index is 1.45. The number of amides is 2. The Morgan fingerprint density at radius 2 is 1.72 bits per heavy atom.